The zero-order chi connectivity index (χ0) is 21.5. The number of piperidine rings is 1. The maximum absolute atomic E-state index is 12.7. The number of halogens is 1. The molecule has 2 aromatic rings. The van der Waals surface area contributed by atoms with Crippen molar-refractivity contribution in [3.63, 3.8) is 0 Å². The number of alkyl halides is 1. The first-order valence-electron chi connectivity index (χ1n) is 10.1. The van der Waals surface area contributed by atoms with Crippen LogP contribution in [-0.4, -0.2) is 63.1 Å². The summed E-state index contributed by atoms with van der Waals surface area (Å²) in [5.74, 6) is 0.339. The Bertz CT molecular complexity index is 1100. The lowest BCUT2D eigenvalue weighted by molar-refractivity contribution is 0.0267. The Kier molecular flexibility index (Phi) is 5.54. The van der Waals surface area contributed by atoms with Crippen molar-refractivity contribution in [2.24, 2.45) is 0 Å². The Morgan fingerprint density at radius 3 is 2.67 bits per heavy atom. The van der Waals surface area contributed by atoms with E-state index in [-0.39, 0.29) is 30.7 Å². The summed E-state index contributed by atoms with van der Waals surface area (Å²) in [5.41, 5.74) is -0.737. The highest BCUT2D eigenvalue weighted by molar-refractivity contribution is 7.88. The number of nitrogens with zero attached hydrogens (tertiary/aromatic N) is 4. The van der Waals surface area contributed by atoms with E-state index in [1.807, 2.05) is 0 Å². The van der Waals surface area contributed by atoms with Crippen molar-refractivity contribution in [3.8, 4) is 0 Å². The van der Waals surface area contributed by atoms with Crippen LogP contribution < -0.4 is 10.9 Å². The van der Waals surface area contributed by atoms with Gasteiger partial charge in [0, 0.05) is 36.8 Å². The predicted molar refractivity (Wildman–Crippen MR) is 110 cm³/mol. The van der Waals surface area contributed by atoms with Gasteiger partial charge in [0.05, 0.1) is 11.6 Å². The number of rotatable bonds is 5. The molecular weight excluding hydrogens is 413 g/mol. The lowest BCUT2D eigenvalue weighted by Gasteiger charge is -2.31. The van der Waals surface area contributed by atoms with Crippen molar-refractivity contribution in [1.29, 1.82) is 0 Å². The van der Waals surface area contributed by atoms with E-state index in [0.717, 1.165) is 10.7 Å². The Labute approximate surface area is 174 Å². The number of fused-ring (bicyclic) bond motifs is 1. The number of pyridine rings is 1. The van der Waals surface area contributed by atoms with Crippen LogP contribution >= 0.6 is 0 Å². The molecule has 0 bridgehead atoms. The molecule has 4 rings (SSSR count). The number of nitrogens with one attached hydrogen (secondary N) is 1. The molecule has 164 valence electrons. The quantitative estimate of drug-likeness (QED) is 0.723. The zero-order valence-corrected chi connectivity index (χ0v) is 17.6. The van der Waals surface area contributed by atoms with Crippen molar-refractivity contribution in [3.05, 3.63) is 28.7 Å². The Balaban J connectivity index is 1.58. The maximum Gasteiger partial charge on any atom is 0.252 e. The average Bonchev–Trinajstić information content (AvgIpc) is 3.07. The predicted octanol–water partition coefficient (Wildman–Crippen LogP) is 1.40. The van der Waals surface area contributed by atoms with Crippen LogP contribution in [0.1, 0.15) is 45.1 Å². The van der Waals surface area contributed by atoms with Crippen molar-refractivity contribution >= 4 is 27.0 Å². The standard InChI is InChI=1S/C19H26FN5O4S/c1-19(27)8-2-3-15(19)25-16(26)5-4-13-11-21-18(23-17(13)25)22-14-6-9-24(10-7-14)30(28,29)12-20/h4-5,11,14-15,27H,2-3,6-10,12H2,1H3,(H,21,22,23)/t15-,19-/m0/s1. The normalized spacial score (nSPS) is 26.3. The summed E-state index contributed by atoms with van der Waals surface area (Å²) in [6.07, 6.45) is 4.78. The minimum atomic E-state index is -3.83. The molecule has 1 aliphatic carbocycles. The maximum atomic E-state index is 12.7. The molecule has 1 saturated heterocycles. The number of aromatic nitrogens is 3. The van der Waals surface area contributed by atoms with Gasteiger partial charge in [0.15, 0.2) is 0 Å². The molecule has 0 amide bonds. The number of aliphatic hydroxyl groups is 1. The molecule has 2 aromatic heterocycles. The third-order valence-corrected chi connectivity index (χ3v) is 7.60. The molecule has 1 aliphatic heterocycles. The van der Waals surface area contributed by atoms with Crippen molar-refractivity contribution in [2.75, 3.05) is 24.4 Å². The van der Waals surface area contributed by atoms with E-state index in [9.17, 15) is 22.7 Å². The fraction of sp³-hybridized carbons (Fsp3) is 0.632. The van der Waals surface area contributed by atoms with Crippen LogP contribution in [-0.2, 0) is 10.0 Å². The summed E-state index contributed by atoms with van der Waals surface area (Å²) in [5, 5.41) is 14.6. The summed E-state index contributed by atoms with van der Waals surface area (Å²) in [4.78, 5) is 21.5. The summed E-state index contributed by atoms with van der Waals surface area (Å²) < 4.78 is 38.7. The topological polar surface area (TPSA) is 117 Å². The molecule has 0 unspecified atom stereocenters. The fourth-order valence-electron chi connectivity index (χ4n) is 4.48. The van der Waals surface area contributed by atoms with Crippen LogP contribution in [0.15, 0.2) is 23.1 Å². The van der Waals surface area contributed by atoms with E-state index in [0.29, 0.717) is 42.7 Å². The summed E-state index contributed by atoms with van der Waals surface area (Å²) >= 11 is 0. The minimum Gasteiger partial charge on any atom is -0.388 e. The first kappa shape index (κ1) is 21.1. The largest absolute Gasteiger partial charge is 0.388 e. The highest BCUT2D eigenvalue weighted by Crippen LogP contribution is 2.39. The summed E-state index contributed by atoms with van der Waals surface area (Å²) in [6, 6.07) is 1.33. The smallest absolute Gasteiger partial charge is 0.252 e. The van der Waals surface area contributed by atoms with Gasteiger partial charge in [0.25, 0.3) is 5.56 Å². The SMILES string of the molecule is C[C@]1(O)CCC[C@@H]1n1c(=O)ccc2cnc(NC3CCN(S(=O)(=O)CF)CC3)nc21. The van der Waals surface area contributed by atoms with E-state index >= 15 is 0 Å². The molecule has 0 radical (unpaired) electrons. The monoisotopic (exact) mass is 439 g/mol. The molecule has 2 fully saturated rings. The molecule has 30 heavy (non-hydrogen) atoms. The van der Waals surface area contributed by atoms with E-state index in [1.165, 1.54) is 6.07 Å². The van der Waals surface area contributed by atoms with Gasteiger partial charge in [0.1, 0.15) is 5.65 Å². The Hall–Kier alpha value is -2.11. The van der Waals surface area contributed by atoms with Crippen molar-refractivity contribution in [2.45, 2.75) is 56.7 Å². The van der Waals surface area contributed by atoms with Gasteiger partial charge < -0.3 is 10.4 Å². The van der Waals surface area contributed by atoms with Crippen LogP contribution in [0.5, 0.6) is 0 Å². The third kappa shape index (κ3) is 3.93. The average molecular weight is 440 g/mol. The second-order valence-corrected chi connectivity index (χ2v) is 10.2. The van der Waals surface area contributed by atoms with Crippen LogP contribution in [0.4, 0.5) is 10.3 Å². The van der Waals surface area contributed by atoms with Crippen LogP contribution in [0, 0.1) is 0 Å². The lowest BCUT2D eigenvalue weighted by Crippen LogP contribution is -2.43. The lowest BCUT2D eigenvalue weighted by atomic mass is 10.00. The molecule has 2 aliphatic rings. The zero-order valence-electron chi connectivity index (χ0n) is 16.8. The van der Waals surface area contributed by atoms with Crippen molar-refractivity contribution in [1.82, 2.24) is 18.8 Å². The highest BCUT2D eigenvalue weighted by atomic mass is 32.2. The first-order chi connectivity index (χ1) is 14.2. The third-order valence-electron chi connectivity index (χ3n) is 6.18. The number of anilines is 1. The van der Waals surface area contributed by atoms with E-state index in [1.54, 1.807) is 23.8 Å². The number of sulfonamides is 1. The molecule has 9 nitrogen and oxygen atoms in total. The van der Waals surface area contributed by atoms with Crippen LogP contribution in [0.25, 0.3) is 11.0 Å². The summed E-state index contributed by atoms with van der Waals surface area (Å²) in [7, 11) is -3.83. The molecule has 2 N–H and O–H groups in total. The van der Waals surface area contributed by atoms with Crippen LogP contribution in [0.2, 0.25) is 0 Å². The van der Waals surface area contributed by atoms with Gasteiger partial charge in [0.2, 0.25) is 22.0 Å². The van der Waals surface area contributed by atoms with Gasteiger partial charge in [-0.3, -0.25) is 9.36 Å². The highest BCUT2D eigenvalue weighted by Gasteiger charge is 2.39. The molecule has 0 aromatic carbocycles. The number of hydrogen-bond acceptors (Lipinski definition) is 7. The van der Waals surface area contributed by atoms with Crippen LogP contribution in [0.3, 0.4) is 0 Å². The van der Waals surface area contributed by atoms with Gasteiger partial charge >= 0.3 is 0 Å². The van der Waals surface area contributed by atoms with Gasteiger partial charge in [-0.2, -0.15) is 9.29 Å². The molecular formula is C19H26FN5O4S. The van der Waals surface area contributed by atoms with Gasteiger partial charge in [-0.05, 0) is 45.1 Å². The number of hydrogen-bond donors (Lipinski definition) is 2. The van der Waals surface area contributed by atoms with Gasteiger partial charge in [-0.15, -0.1) is 0 Å². The molecule has 2 atom stereocenters. The Morgan fingerprint density at radius 1 is 1.30 bits per heavy atom. The molecule has 1 saturated carbocycles. The van der Waals surface area contributed by atoms with E-state index < -0.39 is 21.6 Å². The van der Waals surface area contributed by atoms with E-state index in [4.69, 9.17) is 0 Å². The molecule has 11 heteroatoms. The molecule has 3 heterocycles. The second-order valence-electron chi connectivity index (χ2n) is 8.32. The van der Waals surface area contributed by atoms with Gasteiger partial charge in [-0.1, -0.05) is 0 Å². The van der Waals surface area contributed by atoms with E-state index in [2.05, 4.69) is 15.3 Å². The minimum absolute atomic E-state index is 0.0630. The van der Waals surface area contributed by atoms with Gasteiger partial charge in [-0.25, -0.2) is 17.8 Å². The summed E-state index contributed by atoms with van der Waals surface area (Å²) in [6.45, 7) is 2.20. The molecule has 0 spiro atoms. The first-order valence-corrected chi connectivity index (χ1v) is 11.7. The fourth-order valence-corrected chi connectivity index (χ4v) is 5.38. The van der Waals surface area contributed by atoms with Crippen molar-refractivity contribution < 1.29 is 17.9 Å². The second kappa shape index (κ2) is 7.86. The Morgan fingerprint density at radius 2 is 2.03 bits per heavy atom.